The van der Waals surface area contributed by atoms with Crippen molar-refractivity contribution in [3.63, 3.8) is 0 Å². The molecule has 3 rings (SSSR count). The summed E-state index contributed by atoms with van der Waals surface area (Å²) in [6.07, 6.45) is 11.1. The molecule has 1 amide bonds. The lowest BCUT2D eigenvalue weighted by atomic mass is 10.1. The van der Waals surface area contributed by atoms with Crippen LogP contribution in [0.25, 0.3) is 0 Å². The highest BCUT2D eigenvalue weighted by Gasteiger charge is 2.22. The van der Waals surface area contributed by atoms with Gasteiger partial charge in [-0.2, -0.15) is 5.10 Å². The first-order chi connectivity index (χ1) is 11.2. The number of carbonyl (C=O) groups excluding carboxylic acids is 1. The molecule has 122 valence electrons. The first-order valence-electron chi connectivity index (χ1n) is 8.57. The maximum atomic E-state index is 12.7. The van der Waals surface area contributed by atoms with Gasteiger partial charge in [0.2, 0.25) is 0 Å². The van der Waals surface area contributed by atoms with Crippen LogP contribution < -0.4 is 0 Å². The number of nitrogens with zero attached hydrogens (tertiary/aromatic N) is 3. The third-order valence-electron chi connectivity index (χ3n) is 4.80. The van der Waals surface area contributed by atoms with Gasteiger partial charge in [-0.25, -0.2) is 0 Å². The highest BCUT2D eigenvalue weighted by Crippen LogP contribution is 2.22. The molecule has 0 radical (unpaired) electrons. The SMILES string of the molecule is CN(C(=O)c1ccc(Cn2cccn2)cc1)C1CCCCCC1. The number of amides is 1. The van der Waals surface area contributed by atoms with Gasteiger partial charge in [-0.05, 0) is 36.6 Å². The predicted molar refractivity (Wildman–Crippen MR) is 91.4 cm³/mol. The van der Waals surface area contributed by atoms with Crippen molar-refractivity contribution < 1.29 is 4.79 Å². The molecule has 1 saturated carbocycles. The van der Waals surface area contributed by atoms with E-state index < -0.39 is 0 Å². The Bertz CT molecular complexity index is 611. The van der Waals surface area contributed by atoms with E-state index in [0.717, 1.165) is 30.5 Å². The molecule has 23 heavy (non-hydrogen) atoms. The van der Waals surface area contributed by atoms with Crippen LogP contribution in [0.4, 0.5) is 0 Å². The van der Waals surface area contributed by atoms with Crippen LogP contribution in [-0.4, -0.2) is 33.7 Å². The maximum Gasteiger partial charge on any atom is 0.253 e. The second kappa shape index (κ2) is 7.44. The summed E-state index contributed by atoms with van der Waals surface area (Å²) >= 11 is 0. The highest BCUT2D eigenvalue weighted by atomic mass is 16.2. The Kier molecular flexibility index (Phi) is 5.11. The molecule has 0 atom stereocenters. The van der Waals surface area contributed by atoms with Gasteiger partial charge in [0, 0.05) is 31.0 Å². The Morgan fingerprint density at radius 1 is 1.17 bits per heavy atom. The minimum atomic E-state index is 0.141. The molecule has 0 unspecified atom stereocenters. The number of carbonyl (C=O) groups is 1. The van der Waals surface area contributed by atoms with Gasteiger partial charge in [-0.1, -0.05) is 37.8 Å². The van der Waals surface area contributed by atoms with E-state index >= 15 is 0 Å². The van der Waals surface area contributed by atoms with Gasteiger partial charge in [0.1, 0.15) is 0 Å². The van der Waals surface area contributed by atoms with Crippen molar-refractivity contribution in [3.8, 4) is 0 Å². The van der Waals surface area contributed by atoms with E-state index in [1.54, 1.807) is 6.20 Å². The van der Waals surface area contributed by atoms with Crippen molar-refractivity contribution >= 4 is 5.91 Å². The molecule has 1 aliphatic rings. The number of hydrogen-bond donors (Lipinski definition) is 0. The molecule has 0 bridgehead atoms. The summed E-state index contributed by atoms with van der Waals surface area (Å²) in [5, 5.41) is 4.21. The van der Waals surface area contributed by atoms with Crippen LogP contribution in [0.1, 0.15) is 54.4 Å². The van der Waals surface area contributed by atoms with Gasteiger partial charge in [-0.15, -0.1) is 0 Å². The lowest BCUT2D eigenvalue weighted by Crippen LogP contribution is -2.36. The van der Waals surface area contributed by atoms with Crippen molar-refractivity contribution in [3.05, 3.63) is 53.9 Å². The second-order valence-corrected chi connectivity index (χ2v) is 6.46. The second-order valence-electron chi connectivity index (χ2n) is 6.46. The maximum absolute atomic E-state index is 12.7. The number of benzene rings is 1. The monoisotopic (exact) mass is 311 g/mol. The van der Waals surface area contributed by atoms with Crippen LogP contribution in [0.2, 0.25) is 0 Å². The minimum Gasteiger partial charge on any atom is -0.339 e. The quantitative estimate of drug-likeness (QED) is 0.807. The van der Waals surface area contributed by atoms with Crippen LogP contribution in [0.15, 0.2) is 42.7 Å². The van der Waals surface area contributed by atoms with Crippen LogP contribution in [0.5, 0.6) is 0 Å². The average Bonchev–Trinajstić information content (AvgIpc) is 2.94. The molecular weight excluding hydrogens is 286 g/mol. The third-order valence-corrected chi connectivity index (χ3v) is 4.80. The van der Waals surface area contributed by atoms with Gasteiger partial charge >= 0.3 is 0 Å². The first kappa shape index (κ1) is 15.8. The van der Waals surface area contributed by atoms with E-state index in [9.17, 15) is 4.79 Å². The van der Waals surface area contributed by atoms with E-state index in [4.69, 9.17) is 0 Å². The molecule has 0 spiro atoms. The van der Waals surface area contributed by atoms with Gasteiger partial charge in [-0.3, -0.25) is 9.48 Å². The molecule has 1 aromatic heterocycles. The van der Waals surface area contributed by atoms with Crippen molar-refractivity contribution in [2.24, 2.45) is 0 Å². The van der Waals surface area contributed by atoms with Gasteiger partial charge < -0.3 is 4.90 Å². The summed E-state index contributed by atoms with van der Waals surface area (Å²) in [6.45, 7) is 0.736. The molecule has 1 aromatic carbocycles. The average molecular weight is 311 g/mol. The predicted octanol–water partition coefficient (Wildman–Crippen LogP) is 3.73. The van der Waals surface area contributed by atoms with Gasteiger partial charge in [0.15, 0.2) is 0 Å². The van der Waals surface area contributed by atoms with Crippen LogP contribution in [-0.2, 0) is 6.54 Å². The van der Waals surface area contributed by atoms with E-state index in [1.807, 2.05) is 53.2 Å². The Balaban J connectivity index is 1.64. The van der Waals surface area contributed by atoms with Gasteiger partial charge in [0.25, 0.3) is 5.91 Å². The topological polar surface area (TPSA) is 38.1 Å². The summed E-state index contributed by atoms with van der Waals surface area (Å²) in [4.78, 5) is 14.6. The van der Waals surface area contributed by atoms with E-state index in [2.05, 4.69) is 5.10 Å². The zero-order valence-electron chi connectivity index (χ0n) is 13.8. The fraction of sp³-hybridized carbons (Fsp3) is 0.474. The third kappa shape index (κ3) is 4.01. The largest absolute Gasteiger partial charge is 0.339 e. The molecule has 0 aliphatic heterocycles. The molecule has 2 aromatic rings. The molecule has 0 N–H and O–H groups in total. The Morgan fingerprint density at radius 2 is 1.87 bits per heavy atom. The summed E-state index contributed by atoms with van der Waals surface area (Å²) < 4.78 is 1.88. The normalized spacial score (nSPS) is 16.0. The summed E-state index contributed by atoms with van der Waals surface area (Å²) in [7, 11) is 1.95. The smallest absolute Gasteiger partial charge is 0.253 e. The van der Waals surface area contributed by atoms with E-state index in [-0.39, 0.29) is 5.91 Å². The van der Waals surface area contributed by atoms with Crippen LogP contribution >= 0.6 is 0 Å². The lowest BCUT2D eigenvalue weighted by molar-refractivity contribution is 0.0717. The molecule has 0 saturated heterocycles. The van der Waals surface area contributed by atoms with E-state index in [1.165, 1.54) is 25.7 Å². The minimum absolute atomic E-state index is 0.141. The molecule has 1 heterocycles. The zero-order valence-corrected chi connectivity index (χ0v) is 13.8. The van der Waals surface area contributed by atoms with Crippen LogP contribution in [0.3, 0.4) is 0 Å². The van der Waals surface area contributed by atoms with Crippen molar-refractivity contribution in [1.29, 1.82) is 0 Å². The fourth-order valence-electron chi connectivity index (χ4n) is 3.35. The lowest BCUT2D eigenvalue weighted by Gasteiger charge is -2.27. The number of aromatic nitrogens is 2. The summed E-state index contributed by atoms with van der Waals surface area (Å²) in [5.41, 5.74) is 1.93. The summed E-state index contributed by atoms with van der Waals surface area (Å²) in [6, 6.07) is 10.2. The first-order valence-corrected chi connectivity index (χ1v) is 8.57. The summed E-state index contributed by atoms with van der Waals surface area (Å²) in [5.74, 6) is 0.141. The van der Waals surface area contributed by atoms with Crippen LogP contribution in [0, 0.1) is 0 Å². The van der Waals surface area contributed by atoms with Crippen molar-refractivity contribution in [2.45, 2.75) is 51.1 Å². The standard InChI is InChI=1S/C19H25N3O/c1-21(18-7-4-2-3-5-8-18)19(23)17-11-9-16(10-12-17)15-22-14-6-13-20-22/h6,9-14,18H,2-5,7-8,15H2,1H3. The van der Waals surface area contributed by atoms with Gasteiger partial charge in [0.05, 0.1) is 6.54 Å². The molecule has 1 fully saturated rings. The Hall–Kier alpha value is -2.10. The number of rotatable bonds is 4. The van der Waals surface area contributed by atoms with Crippen molar-refractivity contribution in [1.82, 2.24) is 14.7 Å². The Morgan fingerprint density at radius 3 is 2.48 bits per heavy atom. The molecule has 4 nitrogen and oxygen atoms in total. The Labute approximate surface area is 138 Å². The zero-order chi connectivity index (χ0) is 16.1. The molecule has 4 heteroatoms. The highest BCUT2D eigenvalue weighted by molar-refractivity contribution is 5.94. The molecule has 1 aliphatic carbocycles. The molecular formula is C19H25N3O. The number of hydrogen-bond acceptors (Lipinski definition) is 2. The fourth-order valence-corrected chi connectivity index (χ4v) is 3.35. The van der Waals surface area contributed by atoms with Crippen molar-refractivity contribution in [2.75, 3.05) is 7.05 Å². The van der Waals surface area contributed by atoms with E-state index in [0.29, 0.717) is 6.04 Å².